The standard InChI is InChI=1S/C20H21FN4O2S2/c1-14(2)13-28-20-23-22-19(25(20)17-10-8-16(21)9-11-17)15-6-5-7-18(12-15)29(26,27)24(3)4/h5-12H,1,13H2,2-4H3. The van der Waals surface area contributed by atoms with E-state index in [1.54, 1.807) is 34.9 Å². The fraction of sp³-hybridized carbons (Fsp3) is 0.200. The third kappa shape index (κ3) is 4.58. The van der Waals surface area contributed by atoms with Crippen molar-refractivity contribution in [3.8, 4) is 17.1 Å². The quantitative estimate of drug-likeness (QED) is 0.417. The SMILES string of the molecule is C=C(C)CSc1nnc(-c2cccc(S(=O)(=O)N(C)C)c2)n1-c1ccc(F)cc1. The lowest BCUT2D eigenvalue weighted by Gasteiger charge is -2.13. The van der Waals surface area contributed by atoms with Gasteiger partial charge in [-0.25, -0.2) is 17.1 Å². The van der Waals surface area contributed by atoms with Gasteiger partial charge in [0, 0.05) is 31.1 Å². The van der Waals surface area contributed by atoms with Crippen LogP contribution in [0.3, 0.4) is 0 Å². The highest BCUT2D eigenvalue weighted by molar-refractivity contribution is 7.99. The number of sulfonamides is 1. The molecule has 6 nitrogen and oxygen atoms in total. The second kappa shape index (κ2) is 8.48. The summed E-state index contributed by atoms with van der Waals surface area (Å²) in [5, 5.41) is 9.17. The van der Waals surface area contributed by atoms with Gasteiger partial charge >= 0.3 is 0 Å². The molecule has 0 bridgehead atoms. The average Bonchev–Trinajstić information content (AvgIpc) is 3.11. The molecule has 0 saturated heterocycles. The van der Waals surface area contributed by atoms with Crippen LogP contribution in [-0.4, -0.2) is 47.3 Å². The fourth-order valence-electron chi connectivity index (χ4n) is 2.57. The summed E-state index contributed by atoms with van der Waals surface area (Å²) >= 11 is 1.45. The molecule has 1 heterocycles. The molecular formula is C20H21FN4O2S2. The maximum absolute atomic E-state index is 13.4. The molecule has 0 atom stereocenters. The van der Waals surface area contributed by atoms with Crippen molar-refractivity contribution in [2.24, 2.45) is 0 Å². The summed E-state index contributed by atoms with van der Waals surface area (Å²) in [4.78, 5) is 0.157. The Morgan fingerprint density at radius 3 is 2.48 bits per heavy atom. The normalized spacial score (nSPS) is 11.8. The zero-order valence-corrected chi connectivity index (χ0v) is 18.0. The Balaban J connectivity index is 2.15. The maximum Gasteiger partial charge on any atom is 0.242 e. The monoisotopic (exact) mass is 432 g/mol. The van der Waals surface area contributed by atoms with Gasteiger partial charge in [-0.3, -0.25) is 4.57 Å². The molecule has 3 rings (SSSR count). The Bertz CT molecular complexity index is 1140. The van der Waals surface area contributed by atoms with Crippen LogP contribution in [0.25, 0.3) is 17.1 Å². The Hall–Kier alpha value is -2.49. The first-order valence-corrected chi connectivity index (χ1v) is 11.1. The van der Waals surface area contributed by atoms with Crippen LogP contribution in [0.5, 0.6) is 0 Å². The van der Waals surface area contributed by atoms with Gasteiger partial charge in [0.15, 0.2) is 11.0 Å². The molecule has 0 spiro atoms. The third-order valence-corrected chi connectivity index (χ3v) is 7.01. The molecule has 29 heavy (non-hydrogen) atoms. The topological polar surface area (TPSA) is 68.1 Å². The zero-order valence-electron chi connectivity index (χ0n) is 16.3. The lowest BCUT2D eigenvalue weighted by atomic mass is 10.2. The van der Waals surface area contributed by atoms with Crippen molar-refractivity contribution in [2.75, 3.05) is 19.8 Å². The molecule has 0 amide bonds. The van der Waals surface area contributed by atoms with Crippen molar-refractivity contribution >= 4 is 21.8 Å². The molecule has 9 heteroatoms. The van der Waals surface area contributed by atoms with E-state index in [2.05, 4.69) is 16.8 Å². The molecule has 3 aromatic rings. The molecule has 152 valence electrons. The van der Waals surface area contributed by atoms with Crippen LogP contribution >= 0.6 is 11.8 Å². The van der Waals surface area contributed by atoms with Crippen molar-refractivity contribution in [1.29, 1.82) is 0 Å². The molecular weight excluding hydrogens is 411 g/mol. The first-order valence-electron chi connectivity index (χ1n) is 8.71. The van der Waals surface area contributed by atoms with Crippen LogP contribution in [0.2, 0.25) is 0 Å². The van der Waals surface area contributed by atoms with E-state index in [4.69, 9.17) is 0 Å². The van der Waals surface area contributed by atoms with Crippen LogP contribution in [0.15, 0.2) is 70.7 Å². The van der Waals surface area contributed by atoms with Gasteiger partial charge in [-0.15, -0.1) is 10.2 Å². The molecule has 0 fully saturated rings. The maximum atomic E-state index is 13.4. The van der Waals surface area contributed by atoms with Gasteiger partial charge < -0.3 is 0 Å². The molecule has 2 aromatic carbocycles. The van der Waals surface area contributed by atoms with Crippen molar-refractivity contribution in [3.63, 3.8) is 0 Å². The van der Waals surface area contributed by atoms with Gasteiger partial charge in [-0.2, -0.15) is 0 Å². The Labute approximate surface area is 174 Å². The number of halogens is 1. The summed E-state index contributed by atoms with van der Waals surface area (Å²) in [6.07, 6.45) is 0. The van der Waals surface area contributed by atoms with E-state index in [1.165, 1.54) is 44.1 Å². The van der Waals surface area contributed by atoms with E-state index >= 15 is 0 Å². The van der Waals surface area contributed by atoms with Gasteiger partial charge in [0.25, 0.3) is 0 Å². The third-order valence-electron chi connectivity index (χ3n) is 4.04. The van der Waals surface area contributed by atoms with Crippen LogP contribution in [0.4, 0.5) is 4.39 Å². The smallest absolute Gasteiger partial charge is 0.242 e. The summed E-state index contributed by atoms with van der Waals surface area (Å²) in [6.45, 7) is 5.82. The summed E-state index contributed by atoms with van der Waals surface area (Å²) < 4.78 is 41.4. The second-order valence-corrected chi connectivity index (χ2v) is 9.77. The highest BCUT2D eigenvalue weighted by atomic mass is 32.2. The van der Waals surface area contributed by atoms with Crippen LogP contribution in [-0.2, 0) is 10.0 Å². The zero-order chi connectivity index (χ0) is 21.2. The minimum absolute atomic E-state index is 0.157. The Morgan fingerprint density at radius 2 is 1.86 bits per heavy atom. The predicted molar refractivity (Wildman–Crippen MR) is 113 cm³/mol. The minimum atomic E-state index is -3.60. The van der Waals surface area contributed by atoms with Gasteiger partial charge in [0.1, 0.15) is 5.82 Å². The van der Waals surface area contributed by atoms with Crippen LogP contribution in [0, 0.1) is 5.82 Å². The molecule has 0 N–H and O–H groups in total. The van der Waals surface area contributed by atoms with Crippen molar-refractivity contribution in [2.45, 2.75) is 17.0 Å². The highest BCUT2D eigenvalue weighted by Crippen LogP contribution is 2.30. The number of hydrogen-bond donors (Lipinski definition) is 0. The Morgan fingerprint density at radius 1 is 1.17 bits per heavy atom. The van der Waals surface area contributed by atoms with Gasteiger partial charge in [-0.05, 0) is 43.3 Å². The summed E-state index contributed by atoms with van der Waals surface area (Å²) in [5.41, 5.74) is 2.24. The van der Waals surface area contributed by atoms with Gasteiger partial charge in [0.2, 0.25) is 10.0 Å². The number of thioether (sulfide) groups is 1. The number of benzene rings is 2. The van der Waals surface area contributed by atoms with E-state index in [1.807, 2.05) is 6.92 Å². The van der Waals surface area contributed by atoms with Gasteiger partial charge in [0.05, 0.1) is 4.90 Å². The van der Waals surface area contributed by atoms with E-state index in [9.17, 15) is 12.8 Å². The van der Waals surface area contributed by atoms with Crippen molar-refractivity contribution < 1.29 is 12.8 Å². The minimum Gasteiger partial charge on any atom is -0.270 e. The fourth-order valence-corrected chi connectivity index (χ4v) is 4.31. The van der Waals surface area contributed by atoms with Crippen molar-refractivity contribution in [3.05, 3.63) is 66.5 Å². The molecule has 0 radical (unpaired) electrons. The van der Waals surface area contributed by atoms with E-state index in [-0.39, 0.29) is 10.7 Å². The van der Waals surface area contributed by atoms with E-state index in [0.717, 1.165) is 9.88 Å². The Kier molecular flexibility index (Phi) is 6.21. The highest BCUT2D eigenvalue weighted by Gasteiger charge is 2.21. The second-order valence-electron chi connectivity index (χ2n) is 6.68. The number of aromatic nitrogens is 3. The lowest BCUT2D eigenvalue weighted by molar-refractivity contribution is 0.521. The molecule has 1 aromatic heterocycles. The average molecular weight is 433 g/mol. The first-order chi connectivity index (χ1) is 13.7. The van der Waals surface area contributed by atoms with Crippen molar-refractivity contribution in [1.82, 2.24) is 19.1 Å². The van der Waals surface area contributed by atoms with E-state index in [0.29, 0.717) is 28.0 Å². The molecule has 0 saturated carbocycles. The summed E-state index contributed by atoms with van der Waals surface area (Å²) in [5.74, 6) is 0.768. The largest absolute Gasteiger partial charge is 0.270 e. The number of rotatable bonds is 7. The van der Waals surface area contributed by atoms with E-state index < -0.39 is 10.0 Å². The first kappa shape index (κ1) is 21.2. The molecule has 0 aliphatic heterocycles. The summed E-state index contributed by atoms with van der Waals surface area (Å²) in [6, 6.07) is 12.5. The molecule has 0 aliphatic rings. The number of nitrogens with zero attached hydrogens (tertiary/aromatic N) is 4. The van der Waals surface area contributed by atoms with Gasteiger partial charge in [-0.1, -0.05) is 36.0 Å². The lowest BCUT2D eigenvalue weighted by Crippen LogP contribution is -2.22. The van der Waals surface area contributed by atoms with Crippen LogP contribution < -0.4 is 0 Å². The van der Waals surface area contributed by atoms with Crippen LogP contribution in [0.1, 0.15) is 6.92 Å². The molecule has 0 aliphatic carbocycles. The molecule has 0 unspecified atom stereocenters. The predicted octanol–water partition coefficient (Wildman–Crippen LogP) is 3.99. The number of hydrogen-bond acceptors (Lipinski definition) is 5. The summed E-state index contributed by atoms with van der Waals surface area (Å²) in [7, 11) is -0.633.